The lowest BCUT2D eigenvalue weighted by Crippen LogP contribution is -2.70. The lowest BCUT2D eigenvalue weighted by molar-refractivity contribution is -0.145. The third-order valence-corrected chi connectivity index (χ3v) is 6.74. The van der Waals surface area contributed by atoms with Crippen molar-refractivity contribution >= 4 is 36.2 Å². The number of ether oxygens (including phenoxy) is 2. The predicted molar refractivity (Wildman–Crippen MR) is 125 cm³/mol. The predicted octanol–water partition coefficient (Wildman–Crippen LogP) is 2.15. The van der Waals surface area contributed by atoms with Crippen molar-refractivity contribution in [2.75, 3.05) is 46.8 Å². The summed E-state index contributed by atoms with van der Waals surface area (Å²) in [5.41, 5.74) is -0.158. The Bertz CT molecular complexity index is 933. The van der Waals surface area contributed by atoms with Crippen LogP contribution in [0.15, 0.2) is 37.4 Å². The van der Waals surface area contributed by atoms with Crippen molar-refractivity contribution in [2.45, 2.75) is 43.4 Å². The van der Waals surface area contributed by atoms with Crippen LogP contribution in [0.2, 0.25) is 0 Å². The maximum atomic E-state index is 14.4. The Hall–Kier alpha value is -2.21. The molecule has 0 aromatic carbocycles. The molecule has 1 N–H and O–H groups in total. The molecule has 5 heterocycles. The minimum absolute atomic E-state index is 0.0125. The summed E-state index contributed by atoms with van der Waals surface area (Å²) in [6.45, 7) is 6.46. The summed E-state index contributed by atoms with van der Waals surface area (Å²) in [6, 6.07) is 0.611. The number of aliphatic imine (C=N–C) groups is 3. The van der Waals surface area contributed by atoms with Gasteiger partial charge in [-0.05, 0) is 32.5 Å². The van der Waals surface area contributed by atoms with Crippen molar-refractivity contribution in [2.24, 2.45) is 15.0 Å². The number of alkyl halides is 1. The van der Waals surface area contributed by atoms with Gasteiger partial charge in [0.1, 0.15) is 31.2 Å². The van der Waals surface area contributed by atoms with Crippen molar-refractivity contribution in [1.29, 1.82) is 0 Å². The maximum Gasteiger partial charge on any atom is 0.223 e. The Labute approximate surface area is 202 Å². The molecule has 12 heteroatoms. The molecule has 5 aliphatic rings. The molecule has 186 valence electrons. The van der Waals surface area contributed by atoms with E-state index < -0.39 is 17.5 Å². The molecule has 0 radical (unpaired) electrons. The zero-order valence-corrected chi connectivity index (χ0v) is 19.9. The number of halogens is 3. The summed E-state index contributed by atoms with van der Waals surface area (Å²) in [5, 5.41) is 2.56. The van der Waals surface area contributed by atoms with E-state index in [4.69, 9.17) is 21.1 Å². The van der Waals surface area contributed by atoms with E-state index >= 15 is 0 Å². The van der Waals surface area contributed by atoms with Gasteiger partial charge in [0.25, 0.3) is 0 Å². The summed E-state index contributed by atoms with van der Waals surface area (Å²) < 4.78 is 37.5. The summed E-state index contributed by atoms with van der Waals surface area (Å²) in [5.74, 6) is -0.450. The fraction of sp³-hybridized carbons (Fsp3) is 0.636. The maximum absolute atomic E-state index is 14.4. The molecule has 4 fully saturated rings. The number of fused-ring (bicyclic) bond motifs is 1. The number of carbonyl (C=O) groups excluding carboxylic acids is 1. The van der Waals surface area contributed by atoms with Gasteiger partial charge in [-0.25, -0.2) is 18.8 Å². The van der Waals surface area contributed by atoms with Gasteiger partial charge < -0.3 is 19.7 Å². The normalized spacial score (nSPS) is 33.5. The molecule has 0 aromatic heterocycles. The molecule has 5 aliphatic heterocycles. The Morgan fingerprint density at radius 3 is 3.00 bits per heavy atom. The number of amides is 1. The number of hydrogen-bond donors (Lipinski definition) is 1. The number of rotatable bonds is 4. The number of β-lactam (4-membered cyclic amide) rings is 1. The van der Waals surface area contributed by atoms with Gasteiger partial charge in [0.15, 0.2) is 11.0 Å². The van der Waals surface area contributed by atoms with E-state index in [-0.39, 0.29) is 30.2 Å². The second-order valence-corrected chi connectivity index (χ2v) is 9.35. The van der Waals surface area contributed by atoms with Crippen molar-refractivity contribution in [3.05, 3.63) is 22.4 Å². The van der Waals surface area contributed by atoms with Crippen LogP contribution in [-0.4, -0.2) is 98.9 Å². The van der Waals surface area contributed by atoms with Crippen molar-refractivity contribution in [1.82, 2.24) is 15.1 Å². The summed E-state index contributed by atoms with van der Waals surface area (Å²) >= 11 is 5.76. The number of methoxy groups -OCH3 is 1. The van der Waals surface area contributed by atoms with E-state index in [9.17, 15) is 13.6 Å². The van der Waals surface area contributed by atoms with E-state index in [1.807, 2.05) is 0 Å². The minimum atomic E-state index is -0.762. The third-order valence-electron chi connectivity index (χ3n) is 6.48. The van der Waals surface area contributed by atoms with E-state index in [1.165, 1.54) is 26.2 Å². The zero-order valence-electron chi connectivity index (χ0n) is 19.1. The number of hydrogen-bond acceptors (Lipinski definition) is 8. The van der Waals surface area contributed by atoms with Crippen molar-refractivity contribution in [3.8, 4) is 0 Å². The van der Waals surface area contributed by atoms with Gasteiger partial charge in [-0.15, -0.1) is 0 Å². The molecule has 3 unspecified atom stereocenters. The fourth-order valence-corrected chi connectivity index (χ4v) is 5.13. The molecule has 4 saturated heterocycles. The molecule has 3 atom stereocenters. The van der Waals surface area contributed by atoms with E-state index in [0.717, 1.165) is 13.0 Å². The van der Waals surface area contributed by atoms with Crippen LogP contribution < -0.4 is 5.32 Å². The summed E-state index contributed by atoms with van der Waals surface area (Å²) in [6.07, 6.45) is 4.56. The topological polar surface area (TPSA) is 91.1 Å². The van der Waals surface area contributed by atoms with Crippen LogP contribution in [-0.2, 0) is 14.3 Å². The number of nitrogens with zero attached hydrogens (tertiary/aromatic N) is 5. The number of allylic oxidation sites excluding steroid dienone is 2. The molecule has 0 saturated carbocycles. The lowest BCUT2D eigenvalue weighted by atomic mass is 9.86. The van der Waals surface area contributed by atoms with Gasteiger partial charge in [-0.1, -0.05) is 11.6 Å². The van der Waals surface area contributed by atoms with Gasteiger partial charge in [-0.3, -0.25) is 14.7 Å². The second kappa shape index (κ2) is 10.6. The monoisotopic (exact) mass is 498 g/mol. The molecule has 1 amide bonds. The van der Waals surface area contributed by atoms with E-state index in [0.29, 0.717) is 43.6 Å². The fourth-order valence-electron chi connectivity index (χ4n) is 5.00. The number of carbonyl (C=O) groups is 1. The molecular formula is C22H29ClF2N6O3. The standard InChI is InChI=1S/C15H17ClFN5O3.C7H12FN/c1-18-14(22-5-15(6-25-8-22)3-10(23)21-15)9-4-19-13(16)11(17)12(9)20-7-24-2;8-6-4-7-2-1-3-9(7)5-6/h4H,1,3,5-8H2,2H3,(H,21,23);6-7H,1-5H2/b14-9+,20-12+;. The van der Waals surface area contributed by atoms with Crippen LogP contribution in [0.3, 0.4) is 0 Å². The molecule has 1 spiro atoms. The van der Waals surface area contributed by atoms with Gasteiger partial charge in [-0.2, -0.15) is 0 Å². The van der Waals surface area contributed by atoms with Crippen LogP contribution >= 0.6 is 11.6 Å². The molecule has 0 bridgehead atoms. The summed E-state index contributed by atoms with van der Waals surface area (Å²) in [7, 11) is 1.45. The van der Waals surface area contributed by atoms with Crippen LogP contribution in [0.25, 0.3) is 0 Å². The quantitative estimate of drug-likeness (QED) is 0.364. The van der Waals surface area contributed by atoms with E-state index in [2.05, 4.69) is 31.9 Å². The second-order valence-electron chi connectivity index (χ2n) is 8.99. The Balaban J connectivity index is 0.000000252. The van der Waals surface area contributed by atoms with Crippen LogP contribution in [0.4, 0.5) is 8.78 Å². The highest BCUT2D eigenvalue weighted by molar-refractivity contribution is 6.37. The van der Waals surface area contributed by atoms with Gasteiger partial charge >= 0.3 is 0 Å². The molecule has 0 aromatic rings. The Morgan fingerprint density at radius 2 is 2.32 bits per heavy atom. The van der Waals surface area contributed by atoms with Crippen molar-refractivity contribution in [3.63, 3.8) is 0 Å². The Kier molecular flexibility index (Phi) is 7.76. The van der Waals surface area contributed by atoms with Gasteiger partial charge in [0, 0.05) is 32.5 Å². The SMILES string of the molecule is C=N/C(=C1/C=NC(Cl)=C(F)/C1=N/COC)N1COCC2(CC(=O)N2)C1.FC1CC2CCCN2C1. The molecule has 0 aliphatic carbocycles. The first-order valence-electron chi connectivity index (χ1n) is 11.2. The van der Waals surface area contributed by atoms with Crippen molar-refractivity contribution < 1.29 is 23.0 Å². The third kappa shape index (κ3) is 5.22. The van der Waals surface area contributed by atoms with Gasteiger partial charge in [0.2, 0.25) is 5.91 Å². The van der Waals surface area contributed by atoms with Crippen LogP contribution in [0, 0.1) is 0 Å². The molecule has 9 nitrogen and oxygen atoms in total. The average molecular weight is 499 g/mol. The number of nitrogens with one attached hydrogen (secondary N) is 1. The highest BCUT2D eigenvalue weighted by Gasteiger charge is 2.47. The summed E-state index contributed by atoms with van der Waals surface area (Å²) in [4.78, 5) is 27.3. The minimum Gasteiger partial charge on any atom is -0.363 e. The van der Waals surface area contributed by atoms with E-state index in [1.54, 1.807) is 4.90 Å². The molecule has 5 rings (SSSR count). The first-order valence-corrected chi connectivity index (χ1v) is 11.6. The Morgan fingerprint density at radius 1 is 1.53 bits per heavy atom. The largest absolute Gasteiger partial charge is 0.363 e. The van der Waals surface area contributed by atoms with Crippen LogP contribution in [0.5, 0.6) is 0 Å². The van der Waals surface area contributed by atoms with Gasteiger partial charge in [0.05, 0.1) is 24.1 Å². The molecule has 34 heavy (non-hydrogen) atoms. The first kappa shape index (κ1) is 24.9. The highest BCUT2D eigenvalue weighted by Crippen LogP contribution is 2.31. The molecular weight excluding hydrogens is 470 g/mol. The lowest BCUT2D eigenvalue weighted by Gasteiger charge is -2.48. The highest BCUT2D eigenvalue weighted by atomic mass is 35.5. The van der Waals surface area contributed by atoms with Crippen LogP contribution in [0.1, 0.15) is 25.7 Å². The average Bonchev–Trinajstić information content (AvgIpc) is 3.37. The first-order chi connectivity index (χ1) is 16.4. The zero-order chi connectivity index (χ0) is 24.3. The smallest absolute Gasteiger partial charge is 0.223 e.